The maximum Gasteiger partial charge on any atom is 0.229 e. The van der Waals surface area contributed by atoms with Gasteiger partial charge in [-0.25, -0.2) is 13.8 Å². The molecule has 8 nitrogen and oxygen atoms in total. The molecule has 2 fully saturated rings. The first kappa shape index (κ1) is 23.9. The van der Waals surface area contributed by atoms with E-state index in [0.29, 0.717) is 17.4 Å². The van der Waals surface area contributed by atoms with Crippen LogP contribution in [-0.4, -0.2) is 43.9 Å². The van der Waals surface area contributed by atoms with E-state index in [-0.39, 0.29) is 42.0 Å². The summed E-state index contributed by atoms with van der Waals surface area (Å²) >= 11 is 0. The minimum absolute atomic E-state index is 0.00153. The summed E-state index contributed by atoms with van der Waals surface area (Å²) in [6.45, 7) is 2.22. The molecular weight excluding hydrogens is 478 g/mol. The summed E-state index contributed by atoms with van der Waals surface area (Å²) in [6, 6.07) is 7.67. The number of hydrogen-bond donors (Lipinski definition) is 3. The molecule has 1 aromatic carbocycles. The van der Waals surface area contributed by atoms with Gasteiger partial charge in [0, 0.05) is 12.2 Å². The normalized spacial score (nSPS) is 23.1. The van der Waals surface area contributed by atoms with Gasteiger partial charge in [-0.2, -0.15) is 9.61 Å². The zero-order valence-electron chi connectivity index (χ0n) is 20.4. The van der Waals surface area contributed by atoms with E-state index in [1.165, 1.54) is 4.52 Å². The lowest BCUT2D eigenvalue weighted by Crippen LogP contribution is -2.46. The van der Waals surface area contributed by atoms with Crippen LogP contribution >= 0.6 is 0 Å². The summed E-state index contributed by atoms with van der Waals surface area (Å²) in [7, 11) is 0. The topological polar surface area (TPSA) is 111 Å². The highest BCUT2D eigenvalue weighted by Gasteiger charge is 2.39. The second kappa shape index (κ2) is 9.13. The largest absolute Gasteiger partial charge is 0.380 e. The van der Waals surface area contributed by atoms with Crippen LogP contribution in [0.15, 0.2) is 48.9 Å². The van der Waals surface area contributed by atoms with Gasteiger partial charge in [-0.15, -0.1) is 0 Å². The minimum atomic E-state index is -1.37. The van der Waals surface area contributed by atoms with Crippen molar-refractivity contribution in [1.29, 1.82) is 0 Å². The SMILES string of the molecule is C[C@@H]1C[C@H](N)C[C@H](c2ccncc2Nc2ncc3ccc(-c4c(F)cc(C5(O)COC5)cc4F)nn23)C1. The molecule has 2 aliphatic rings. The predicted molar refractivity (Wildman–Crippen MR) is 134 cm³/mol. The lowest BCUT2D eigenvalue weighted by molar-refractivity contribution is -0.184. The number of anilines is 2. The fourth-order valence-electron chi connectivity index (χ4n) is 5.55. The van der Waals surface area contributed by atoms with Gasteiger partial charge in [0.05, 0.1) is 48.1 Å². The van der Waals surface area contributed by atoms with Crippen LogP contribution < -0.4 is 11.1 Å². The summed E-state index contributed by atoms with van der Waals surface area (Å²) in [5, 5.41) is 18.2. The third-order valence-corrected chi connectivity index (χ3v) is 7.42. The van der Waals surface area contributed by atoms with Crippen molar-refractivity contribution in [2.75, 3.05) is 18.5 Å². The van der Waals surface area contributed by atoms with E-state index >= 15 is 8.78 Å². The average Bonchev–Trinajstić information content (AvgIpc) is 3.24. The molecule has 0 bridgehead atoms. The monoisotopic (exact) mass is 506 g/mol. The Bertz CT molecular complexity index is 1440. The first-order valence-corrected chi connectivity index (χ1v) is 12.4. The highest BCUT2D eigenvalue weighted by Crippen LogP contribution is 2.39. The summed E-state index contributed by atoms with van der Waals surface area (Å²) in [6.07, 6.45) is 8.10. The van der Waals surface area contributed by atoms with Crippen LogP contribution in [0.4, 0.5) is 20.4 Å². The van der Waals surface area contributed by atoms with Crippen LogP contribution in [0.25, 0.3) is 16.8 Å². The molecule has 192 valence electrons. The fourth-order valence-corrected chi connectivity index (χ4v) is 5.55. The van der Waals surface area contributed by atoms with Gasteiger partial charge in [0.15, 0.2) is 0 Å². The van der Waals surface area contributed by atoms with Gasteiger partial charge in [-0.3, -0.25) is 4.98 Å². The van der Waals surface area contributed by atoms with Crippen molar-refractivity contribution in [1.82, 2.24) is 19.6 Å². The average molecular weight is 507 g/mol. The molecule has 4 aromatic rings. The molecule has 0 amide bonds. The zero-order chi connectivity index (χ0) is 25.7. The highest BCUT2D eigenvalue weighted by atomic mass is 19.1. The maximum absolute atomic E-state index is 15.1. The Morgan fingerprint density at radius 2 is 1.89 bits per heavy atom. The number of aromatic nitrogens is 4. The Balaban J connectivity index is 1.35. The van der Waals surface area contributed by atoms with Gasteiger partial charge < -0.3 is 20.9 Å². The highest BCUT2D eigenvalue weighted by molar-refractivity contribution is 5.66. The van der Waals surface area contributed by atoms with Crippen LogP contribution in [0.5, 0.6) is 0 Å². The minimum Gasteiger partial charge on any atom is -0.380 e. The van der Waals surface area contributed by atoms with Gasteiger partial charge in [-0.05, 0) is 72.6 Å². The van der Waals surface area contributed by atoms with Crippen molar-refractivity contribution >= 4 is 17.2 Å². The molecule has 0 spiro atoms. The Kier molecular flexibility index (Phi) is 5.89. The van der Waals surface area contributed by atoms with Gasteiger partial charge in [0.25, 0.3) is 0 Å². The van der Waals surface area contributed by atoms with Crippen LogP contribution in [-0.2, 0) is 10.3 Å². The number of nitrogens with two attached hydrogens (primary N) is 1. The molecule has 37 heavy (non-hydrogen) atoms. The molecule has 1 saturated carbocycles. The summed E-state index contributed by atoms with van der Waals surface area (Å²) in [5.74, 6) is -0.405. The quantitative estimate of drug-likeness (QED) is 0.371. The van der Waals surface area contributed by atoms with Crippen molar-refractivity contribution in [3.8, 4) is 11.3 Å². The number of halogens is 2. The third-order valence-electron chi connectivity index (χ3n) is 7.42. The number of nitrogens with one attached hydrogen (secondary N) is 1. The van der Waals surface area contributed by atoms with E-state index in [9.17, 15) is 5.11 Å². The molecule has 1 aliphatic heterocycles. The molecular formula is C27H28F2N6O2. The standard InChI is InChI=1S/C27H28F2N6O2/c1-15-6-16(8-18(30)7-15)20-4-5-31-12-24(20)33-26-32-11-19-2-3-23(34-35(19)26)25-21(28)9-17(10-22(25)29)27(36)13-37-14-27/h2-5,9-12,15-16,18,36H,6-8,13-14,30H2,1H3,(H,32,33)/t15-,16+,18-/m0/s1. The third kappa shape index (κ3) is 4.35. The number of benzene rings is 1. The molecule has 3 atom stereocenters. The van der Waals surface area contributed by atoms with Gasteiger partial charge in [0.2, 0.25) is 5.95 Å². The lowest BCUT2D eigenvalue weighted by atomic mass is 9.76. The van der Waals surface area contributed by atoms with Crippen LogP contribution in [0.1, 0.15) is 43.2 Å². The van der Waals surface area contributed by atoms with Crippen LogP contribution in [0.2, 0.25) is 0 Å². The second-order valence-corrected chi connectivity index (χ2v) is 10.3. The number of imidazole rings is 1. The van der Waals surface area contributed by atoms with E-state index < -0.39 is 17.2 Å². The van der Waals surface area contributed by atoms with Gasteiger partial charge in [-0.1, -0.05) is 6.92 Å². The Morgan fingerprint density at radius 1 is 1.11 bits per heavy atom. The molecule has 6 rings (SSSR count). The molecule has 0 unspecified atom stereocenters. The number of fused-ring (bicyclic) bond motifs is 1. The second-order valence-electron chi connectivity index (χ2n) is 10.3. The van der Waals surface area contributed by atoms with Gasteiger partial charge in [0.1, 0.15) is 17.2 Å². The smallest absolute Gasteiger partial charge is 0.229 e. The predicted octanol–water partition coefficient (Wildman–Crippen LogP) is 4.26. The fraction of sp³-hybridized carbons (Fsp3) is 0.370. The first-order chi connectivity index (χ1) is 17.8. The molecule has 1 aliphatic carbocycles. The molecule has 3 aromatic heterocycles. The number of pyridine rings is 1. The van der Waals surface area contributed by atoms with Crippen molar-refractivity contribution in [3.05, 3.63) is 71.7 Å². The zero-order valence-corrected chi connectivity index (χ0v) is 20.4. The molecule has 4 N–H and O–H groups in total. The van der Waals surface area contributed by atoms with Gasteiger partial charge >= 0.3 is 0 Å². The Labute approximate surface area is 212 Å². The van der Waals surface area contributed by atoms with Crippen molar-refractivity contribution in [3.63, 3.8) is 0 Å². The van der Waals surface area contributed by atoms with E-state index in [2.05, 4.69) is 27.3 Å². The molecule has 4 heterocycles. The van der Waals surface area contributed by atoms with Crippen LogP contribution in [0.3, 0.4) is 0 Å². The number of aliphatic hydroxyl groups is 1. The number of rotatable bonds is 5. The molecule has 1 saturated heterocycles. The van der Waals surface area contributed by atoms with Crippen molar-refractivity contribution in [2.24, 2.45) is 11.7 Å². The number of ether oxygens (including phenoxy) is 1. The van der Waals surface area contributed by atoms with Crippen LogP contribution in [0, 0.1) is 17.6 Å². The Hall–Kier alpha value is -3.47. The van der Waals surface area contributed by atoms with Crippen molar-refractivity contribution < 1.29 is 18.6 Å². The number of hydrogen-bond acceptors (Lipinski definition) is 7. The van der Waals surface area contributed by atoms with E-state index in [4.69, 9.17) is 10.5 Å². The Morgan fingerprint density at radius 3 is 2.59 bits per heavy atom. The maximum atomic E-state index is 15.1. The van der Waals surface area contributed by atoms with E-state index in [1.807, 2.05) is 6.07 Å². The summed E-state index contributed by atoms with van der Waals surface area (Å²) < 4.78 is 36.7. The molecule has 10 heteroatoms. The van der Waals surface area contributed by atoms with E-state index in [0.717, 1.165) is 42.6 Å². The first-order valence-electron chi connectivity index (χ1n) is 12.4. The van der Waals surface area contributed by atoms with E-state index in [1.54, 1.807) is 30.7 Å². The lowest BCUT2D eigenvalue weighted by Gasteiger charge is -2.36. The summed E-state index contributed by atoms with van der Waals surface area (Å²) in [5.41, 5.74) is 7.46. The number of nitrogens with zero attached hydrogens (tertiary/aromatic N) is 4. The van der Waals surface area contributed by atoms with Crippen molar-refractivity contribution in [2.45, 2.75) is 43.7 Å². The summed E-state index contributed by atoms with van der Waals surface area (Å²) in [4.78, 5) is 8.74. The molecule has 0 radical (unpaired) electrons.